The van der Waals surface area contributed by atoms with Crippen molar-refractivity contribution in [2.45, 2.75) is 50.6 Å². The summed E-state index contributed by atoms with van der Waals surface area (Å²) < 4.78 is 10.3. The maximum atomic E-state index is 12.4. The van der Waals surface area contributed by atoms with Crippen molar-refractivity contribution in [1.82, 2.24) is 10.2 Å². The van der Waals surface area contributed by atoms with Crippen molar-refractivity contribution >= 4 is 6.03 Å². The van der Waals surface area contributed by atoms with Crippen molar-refractivity contribution in [3.8, 4) is 5.75 Å². The summed E-state index contributed by atoms with van der Waals surface area (Å²) in [5.74, 6) is 1.63. The molecule has 0 unspecified atom stereocenters. The molecule has 138 valence electrons. The van der Waals surface area contributed by atoms with Gasteiger partial charge in [0.2, 0.25) is 0 Å². The highest BCUT2D eigenvalue weighted by Crippen LogP contribution is 2.37. The number of hydrogen-bond donors (Lipinski definition) is 1. The van der Waals surface area contributed by atoms with Crippen LogP contribution >= 0.6 is 0 Å². The average molecular weight is 346 g/mol. The van der Waals surface area contributed by atoms with E-state index in [2.05, 4.69) is 5.32 Å². The zero-order valence-corrected chi connectivity index (χ0v) is 15.4. The fraction of sp³-hybridized carbons (Fsp3) is 0.650. The lowest BCUT2D eigenvalue weighted by Crippen LogP contribution is -2.46. The van der Waals surface area contributed by atoms with Crippen LogP contribution in [-0.4, -0.2) is 43.8 Å². The van der Waals surface area contributed by atoms with Crippen molar-refractivity contribution in [3.63, 3.8) is 0 Å². The van der Waals surface area contributed by atoms with E-state index < -0.39 is 0 Å². The molecule has 2 aliphatic rings. The van der Waals surface area contributed by atoms with E-state index in [0.717, 1.165) is 49.6 Å². The number of benzene rings is 1. The molecule has 1 saturated heterocycles. The first kappa shape index (κ1) is 18.1. The Balaban J connectivity index is 1.52. The first-order valence-corrected chi connectivity index (χ1v) is 9.33. The number of ether oxygens (including phenoxy) is 2. The van der Waals surface area contributed by atoms with Gasteiger partial charge in [0.25, 0.3) is 0 Å². The number of methoxy groups -OCH3 is 2. The van der Waals surface area contributed by atoms with Gasteiger partial charge in [0.05, 0.1) is 12.6 Å². The standard InChI is InChI=1S/C20H30N2O3/c1-24-13-3-4-16-9-11-20(12-10-16)15-22(19(23)21-20)14-17-5-7-18(25-2)8-6-17/h5-8,16H,3-4,9-15H2,1-2H3,(H,21,23). The number of urea groups is 1. The van der Waals surface area contributed by atoms with E-state index in [1.54, 1.807) is 14.2 Å². The molecule has 5 nitrogen and oxygen atoms in total. The summed E-state index contributed by atoms with van der Waals surface area (Å²) in [5, 5.41) is 3.29. The van der Waals surface area contributed by atoms with Crippen molar-refractivity contribution in [2.24, 2.45) is 5.92 Å². The van der Waals surface area contributed by atoms with Gasteiger partial charge in [-0.2, -0.15) is 0 Å². The van der Waals surface area contributed by atoms with Crippen LogP contribution in [0.3, 0.4) is 0 Å². The minimum atomic E-state index is -0.0126. The Hall–Kier alpha value is -1.75. The molecule has 0 aromatic heterocycles. The second-order valence-electron chi connectivity index (χ2n) is 7.49. The minimum absolute atomic E-state index is 0.0126. The summed E-state index contributed by atoms with van der Waals surface area (Å²) in [6.07, 6.45) is 6.99. The van der Waals surface area contributed by atoms with Gasteiger partial charge in [-0.05, 0) is 62.1 Å². The fourth-order valence-corrected chi connectivity index (χ4v) is 4.18. The lowest BCUT2D eigenvalue weighted by Gasteiger charge is -2.36. The van der Waals surface area contributed by atoms with Crippen LogP contribution in [0.2, 0.25) is 0 Å². The molecule has 1 aromatic carbocycles. The van der Waals surface area contributed by atoms with E-state index >= 15 is 0 Å². The van der Waals surface area contributed by atoms with Crippen LogP contribution in [0.4, 0.5) is 4.79 Å². The van der Waals surface area contributed by atoms with E-state index in [0.29, 0.717) is 6.54 Å². The summed E-state index contributed by atoms with van der Waals surface area (Å²) >= 11 is 0. The molecule has 5 heteroatoms. The van der Waals surface area contributed by atoms with Crippen LogP contribution in [-0.2, 0) is 11.3 Å². The number of rotatable bonds is 7. The first-order chi connectivity index (χ1) is 12.1. The molecule has 0 atom stereocenters. The van der Waals surface area contributed by atoms with Crippen LogP contribution < -0.4 is 10.1 Å². The van der Waals surface area contributed by atoms with Crippen LogP contribution in [0, 0.1) is 5.92 Å². The third-order valence-electron chi connectivity index (χ3n) is 5.71. The summed E-state index contributed by atoms with van der Waals surface area (Å²) in [7, 11) is 3.43. The van der Waals surface area contributed by atoms with Gasteiger partial charge >= 0.3 is 6.03 Å². The van der Waals surface area contributed by atoms with Gasteiger partial charge in [0, 0.05) is 26.8 Å². The quantitative estimate of drug-likeness (QED) is 0.768. The van der Waals surface area contributed by atoms with Gasteiger partial charge in [-0.15, -0.1) is 0 Å². The number of carbonyl (C=O) groups is 1. The number of nitrogens with zero attached hydrogens (tertiary/aromatic N) is 1. The Labute approximate surface area is 150 Å². The van der Waals surface area contributed by atoms with Gasteiger partial charge in [-0.3, -0.25) is 0 Å². The van der Waals surface area contributed by atoms with Crippen LogP contribution in [0.15, 0.2) is 24.3 Å². The van der Waals surface area contributed by atoms with Crippen molar-refractivity contribution < 1.29 is 14.3 Å². The molecule has 1 saturated carbocycles. The predicted molar refractivity (Wildman–Crippen MR) is 97.7 cm³/mol. The second-order valence-corrected chi connectivity index (χ2v) is 7.49. The summed E-state index contributed by atoms with van der Waals surface area (Å²) in [4.78, 5) is 14.4. The Bertz CT molecular complexity index is 565. The van der Waals surface area contributed by atoms with Gasteiger partial charge in [0.15, 0.2) is 0 Å². The molecule has 2 fully saturated rings. The molecule has 1 spiro atoms. The number of nitrogens with one attached hydrogen (secondary N) is 1. The molecule has 0 radical (unpaired) electrons. The molecular formula is C20H30N2O3. The van der Waals surface area contributed by atoms with E-state index in [1.807, 2.05) is 29.2 Å². The zero-order valence-electron chi connectivity index (χ0n) is 15.4. The molecule has 1 N–H and O–H groups in total. The highest BCUT2D eigenvalue weighted by molar-refractivity contribution is 5.78. The molecule has 1 aliphatic carbocycles. The largest absolute Gasteiger partial charge is 0.497 e. The lowest BCUT2D eigenvalue weighted by molar-refractivity contribution is 0.165. The lowest BCUT2D eigenvalue weighted by atomic mass is 9.75. The number of amides is 2. The third kappa shape index (κ3) is 4.46. The van der Waals surface area contributed by atoms with Gasteiger partial charge < -0.3 is 19.7 Å². The van der Waals surface area contributed by atoms with E-state index in [-0.39, 0.29) is 11.6 Å². The molecule has 2 amide bonds. The van der Waals surface area contributed by atoms with E-state index in [4.69, 9.17) is 9.47 Å². The first-order valence-electron chi connectivity index (χ1n) is 9.33. The maximum Gasteiger partial charge on any atom is 0.318 e. The molecule has 3 rings (SSSR count). The topological polar surface area (TPSA) is 50.8 Å². The number of hydrogen-bond acceptors (Lipinski definition) is 3. The molecule has 1 heterocycles. The van der Waals surface area contributed by atoms with Crippen LogP contribution in [0.1, 0.15) is 44.1 Å². The Morgan fingerprint density at radius 2 is 1.92 bits per heavy atom. The van der Waals surface area contributed by atoms with E-state index in [1.165, 1.54) is 19.3 Å². The Morgan fingerprint density at radius 1 is 1.20 bits per heavy atom. The summed E-state index contributed by atoms with van der Waals surface area (Å²) in [6, 6.07) is 8.04. The van der Waals surface area contributed by atoms with Gasteiger partial charge in [0.1, 0.15) is 5.75 Å². The summed E-state index contributed by atoms with van der Waals surface area (Å²) in [6.45, 7) is 2.34. The fourth-order valence-electron chi connectivity index (χ4n) is 4.18. The smallest absolute Gasteiger partial charge is 0.318 e. The third-order valence-corrected chi connectivity index (χ3v) is 5.71. The highest BCUT2D eigenvalue weighted by Gasteiger charge is 2.44. The molecule has 1 aromatic rings. The second kappa shape index (κ2) is 8.09. The average Bonchev–Trinajstić information content (AvgIpc) is 2.93. The van der Waals surface area contributed by atoms with Crippen LogP contribution in [0.25, 0.3) is 0 Å². The maximum absolute atomic E-state index is 12.4. The van der Waals surface area contributed by atoms with E-state index in [9.17, 15) is 4.79 Å². The molecular weight excluding hydrogens is 316 g/mol. The SMILES string of the molecule is COCCCC1CCC2(CC1)CN(Cc1ccc(OC)cc1)C(=O)N2. The van der Waals surface area contributed by atoms with Gasteiger partial charge in [-0.25, -0.2) is 4.79 Å². The summed E-state index contributed by atoms with van der Waals surface area (Å²) in [5.41, 5.74) is 1.13. The monoisotopic (exact) mass is 346 g/mol. The van der Waals surface area contributed by atoms with Crippen LogP contribution in [0.5, 0.6) is 5.75 Å². The highest BCUT2D eigenvalue weighted by atomic mass is 16.5. The van der Waals surface area contributed by atoms with Gasteiger partial charge in [-0.1, -0.05) is 12.1 Å². The van der Waals surface area contributed by atoms with Crippen molar-refractivity contribution in [1.29, 1.82) is 0 Å². The number of carbonyl (C=O) groups excluding carboxylic acids is 1. The molecule has 1 aliphatic heterocycles. The van der Waals surface area contributed by atoms with Crippen molar-refractivity contribution in [3.05, 3.63) is 29.8 Å². The minimum Gasteiger partial charge on any atom is -0.497 e. The molecule has 25 heavy (non-hydrogen) atoms. The predicted octanol–water partition coefficient (Wildman–Crippen LogP) is 3.58. The zero-order chi connectivity index (χ0) is 17.7. The normalized spacial score (nSPS) is 26.1. The molecule has 0 bridgehead atoms. The Kier molecular flexibility index (Phi) is 5.84. The Morgan fingerprint density at radius 3 is 2.56 bits per heavy atom. The van der Waals surface area contributed by atoms with Crippen molar-refractivity contribution in [2.75, 3.05) is 27.4 Å².